The van der Waals surface area contributed by atoms with Crippen LogP contribution in [0.4, 0.5) is 0 Å². The van der Waals surface area contributed by atoms with E-state index in [1.807, 2.05) is 0 Å². The predicted octanol–water partition coefficient (Wildman–Crippen LogP) is 1.23. The Bertz CT molecular complexity index is 433. The molecule has 0 bridgehead atoms. The molecule has 0 aliphatic heterocycles. The van der Waals surface area contributed by atoms with Gasteiger partial charge >= 0.3 is 0 Å². The summed E-state index contributed by atoms with van der Waals surface area (Å²) >= 11 is 2.87. The van der Waals surface area contributed by atoms with E-state index in [0.717, 1.165) is 0 Å². The maximum Gasteiger partial charge on any atom is 0.294 e. The van der Waals surface area contributed by atoms with Gasteiger partial charge in [-0.2, -0.15) is 8.42 Å². The molecular weight excluding hydrogens is 282 g/mol. The van der Waals surface area contributed by atoms with Gasteiger partial charge < -0.3 is 5.73 Å². The fourth-order valence-corrected chi connectivity index (χ4v) is 1.29. The number of hydrogen-bond acceptors (Lipinski definition) is 3. The van der Waals surface area contributed by atoms with Crippen molar-refractivity contribution >= 4 is 26.0 Å². The van der Waals surface area contributed by atoms with Gasteiger partial charge in [-0.3, -0.25) is 4.55 Å². The zero-order valence-electron chi connectivity index (χ0n) is 7.72. The van der Waals surface area contributed by atoms with E-state index in [1.165, 1.54) is 12.1 Å². The molecule has 3 N–H and O–H groups in total. The van der Waals surface area contributed by atoms with Gasteiger partial charge in [-0.15, -0.1) is 0 Å². The minimum Gasteiger partial charge on any atom is -0.320 e. The number of hydrogen-bond donors (Lipinski definition) is 2. The van der Waals surface area contributed by atoms with Crippen LogP contribution >= 0.6 is 15.9 Å². The molecule has 0 saturated heterocycles. The van der Waals surface area contributed by atoms with Crippen LogP contribution in [-0.4, -0.2) is 19.5 Å². The first-order valence-corrected chi connectivity index (χ1v) is 6.06. The van der Waals surface area contributed by atoms with Crippen LogP contribution in [0.3, 0.4) is 0 Å². The number of nitrogens with two attached hydrogens (primary N) is 1. The Labute approximate surface area is 97.4 Å². The van der Waals surface area contributed by atoms with Crippen LogP contribution in [-0.2, 0) is 10.1 Å². The highest BCUT2D eigenvalue weighted by Gasteiger charge is 2.05. The molecule has 0 spiro atoms. The third-order valence-corrected chi connectivity index (χ3v) is 2.36. The lowest BCUT2D eigenvalue weighted by molar-refractivity contribution is 0.483. The average molecular weight is 292 g/mol. The molecule has 15 heavy (non-hydrogen) atoms. The Morgan fingerprint density at radius 2 is 1.87 bits per heavy atom. The van der Waals surface area contributed by atoms with Crippen molar-refractivity contribution in [2.75, 3.05) is 6.54 Å². The number of halogens is 1. The van der Waals surface area contributed by atoms with Crippen molar-refractivity contribution in [1.82, 2.24) is 0 Å². The Morgan fingerprint density at radius 3 is 2.07 bits per heavy atom. The summed E-state index contributed by atoms with van der Waals surface area (Å²) in [5, 5.41) is 0. The highest BCUT2D eigenvalue weighted by molar-refractivity contribution is 9.12. The summed E-state index contributed by atoms with van der Waals surface area (Å²) in [6.07, 6.45) is 0. The SMILES string of the molecule is NCC#CBr.O=S(=O)(O)c1ccccc1. The van der Waals surface area contributed by atoms with Crippen LogP contribution in [0.1, 0.15) is 0 Å². The second-order valence-electron chi connectivity index (χ2n) is 2.26. The van der Waals surface area contributed by atoms with E-state index in [4.69, 9.17) is 10.3 Å². The smallest absolute Gasteiger partial charge is 0.294 e. The maximum atomic E-state index is 10.4. The van der Waals surface area contributed by atoms with Gasteiger partial charge in [0.25, 0.3) is 10.1 Å². The van der Waals surface area contributed by atoms with Gasteiger partial charge in [0.15, 0.2) is 0 Å². The van der Waals surface area contributed by atoms with Gasteiger partial charge in [0.05, 0.1) is 11.4 Å². The first kappa shape index (κ1) is 14.1. The van der Waals surface area contributed by atoms with Crippen molar-refractivity contribution in [3.8, 4) is 10.8 Å². The Morgan fingerprint density at radius 1 is 1.33 bits per heavy atom. The van der Waals surface area contributed by atoms with E-state index in [1.54, 1.807) is 18.2 Å². The monoisotopic (exact) mass is 291 g/mol. The molecule has 0 aliphatic rings. The molecule has 0 fully saturated rings. The zero-order valence-corrected chi connectivity index (χ0v) is 10.1. The Balaban J connectivity index is 0.000000336. The molecule has 0 radical (unpaired) electrons. The summed E-state index contributed by atoms with van der Waals surface area (Å²) in [5.41, 5.74) is 4.94. The van der Waals surface area contributed by atoms with E-state index < -0.39 is 10.1 Å². The molecule has 0 heterocycles. The standard InChI is InChI=1S/C6H6O3S.C3H4BrN/c7-10(8,9)6-4-2-1-3-5-6;4-2-1-3-5/h1-5H,(H,7,8,9);3,5H2. The van der Waals surface area contributed by atoms with Crippen molar-refractivity contribution in [2.45, 2.75) is 4.90 Å². The zero-order chi connectivity index (χ0) is 11.7. The van der Waals surface area contributed by atoms with Crippen molar-refractivity contribution < 1.29 is 13.0 Å². The van der Waals surface area contributed by atoms with Crippen LogP contribution in [0.15, 0.2) is 35.2 Å². The second-order valence-corrected chi connectivity index (χ2v) is 4.08. The van der Waals surface area contributed by atoms with Crippen molar-refractivity contribution in [3.63, 3.8) is 0 Å². The molecule has 4 nitrogen and oxygen atoms in total. The minimum atomic E-state index is -4.00. The highest BCUT2D eigenvalue weighted by Crippen LogP contribution is 2.05. The fraction of sp³-hybridized carbons (Fsp3) is 0.111. The van der Waals surface area contributed by atoms with Gasteiger partial charge in [0.1, 0.15) is 0 Å². The molecule has 82 valence electrons. The molecule has 1 aromatic carbocycles. The van der Waals surface area contributed by atoms with Gasteiger partial charge in [-0.05, 0) is 17.0 Å². The maximum absolute atomic E-state index is 10.4. The predicted molar refractivity (Wildman–Crippen MR) is 62.0 cm³/mol. The molecule has 0 amide bonds. The summed E-state index contributed by atoms with van der Waals surface area (Å²) in [6.45, 7) is 0.436. The largest absolute Gasteiger partial charge is 0.320 e. The van der Waals surface area contributed by atoms with Crippen LogP contribution in [0.5, 0.6) is 0 Å². The van der Waals surface area contributed by atoms with Gasteiger partial charge in [-0.1, -0.05) is 24.1 Å². The van der Waals surface area contributed by atoms with E-state index in [-0.39, 0.29) is 4.90 Å². The molecule has 0 unspecified atom stereocenters. The topological polar surface area (TPSA) is 80.4 Å². The first-order chi connectivity index (χ1) is 7.02. The first-order valence-electron chi connectivity index (χ1n) is 3.83. The van der Waals surface area contributed by atoms with Crippen molar-refractivity contribution in [2.24, 2.45) is 5.73 Å². The average Bonchev–Trinajstić information content (AvgIpc) is 2.20. The molecular formula is C9H10BrNO3S. The van der Waals surface area contributed by atoms with Gasteiger partial charge in [0, 0.05) is 15.9 Å². The summed E-state index contributed by atoms with van der Waals surface area (Å²) in [6, 6.07) is 7.42. The summed E-state index contributed by atoms with van der Waals surface area (Å²) in [7, 11) is -4.00. The lowest BCUT2D eigenvalue weighted by Crippen LogP contribution is -1.96. The fourth-order valence-electron chi connectivity index (χ4n) is 0.631. The molecule has 1 aromatic rings. The third-order valence-electron chi connectivity index (χ3n) is 1.21. The van der Waals surface area contributed by atoms with E-state index >= 15 is 0 Å². The van der Waals surface area contributed by atoms with Crippen LogP contribution in [0, 0.1) is 10.8 Å². The Hall–Kier alpha value is -0.870. The molecule has 6 heteroatoms. The van der Waals surface area contributed by atoms with Crippen LogP contribution in [0.25, 0.3) is 0 Å². The molecule has 0 aromatic heterocycles. The Kier molecular flexibility index (Phi) is 6.99. The molecule has 1 rings (SSSR count). The van der Waals surface area contributed by atoms with Crippen molar-refractivity contribution in [1.29, 1.82) is 0 Å². The summed E-state index contributed by atoms with van der Waals surface area (Å²) in [4.78, 5) is 2.38. The van der Waals surface area contributed by atoms with Gasteiger partial charge in [0.2, 0.25) is 0 Å². The van der Waals surface area contributed by atoms with E-state index in [0.29, 0.717) is 6.54 Å². The molecule has 0 saturated carbocycles. The second kappa shape index (κ2) is 7.43. The minimum absolute atomic E-state index is 0.0741. The number of rotatable bonds is 1. The van der Waals surface area contributed by atoms with E-state index in [9.17, 15) is 8.42 Å². The quantitative estimate of drug-likeness (QED) is 0.602. The third kappa shape index (κ3) is 7.11. The summed E-state index contributed by atoms with van der Waals surface area (Å²) in [5.74, 6) is 2.56. The lowest BCUT2D eigenvalue weighted by atomic mass is 10.4. The van der Waals surface area contributed by atoms with E-state index in [2.05, 4.69) is 26.7 Å². The van der Waals surface area contributed by atoms with Crippen LogP contribution in [0.2, 0.25) is 0 Å². The van der Waals surface area contributed by atoms with Gasteiger partial charge in [-0.25, -0.2) is 0 Å². The summed E-state index contributed by atoms with van der Waals surface area (Å²) < 4.78 is 29.2. The highest BCUT2D eigenvalue weighted by atomic mass is 79.9. The number of benzene rings is 1. The lowest BCUT2D eigenvalue weighted by Gasteiger charge is -1.92. The molecule has 0 atom stereocenters. The normalized spacial score (nSPS) is 9.27. The van der Waals surface area contributed by atoms with Crippen LogP contribution < -0.4 is 5.73 Å². The molecule has 0 aliphatic carbocycles. The van der Waals surface area contributed by atoms with Crippen molar-refractivity contribution in [3.05, 3.63) is 30.3 Å².